The average molecular weight is 272 g/mol. The summed E-state index contributed by atoms with van der Waals surface area (Å²) in [5.74, 6) is 2.29. The second-order valence-electron chi connectivity index (χ2n) is 5.01. The van der Waals surface area contributed by atoms with Crippen LogP contribution in [-0.2, 0) is 6.61 Å². The highest BCUT2D eigenvalue weighted by molar-refractivity contribution is 5.39. The van der Waals surface area contributed by atoms with E-state index in [0.29, 0.717) is 12.5 Å². The first-order valence-electron chi connectivity index (χ1n) is 6.69. The zero-order chi connectivity index (χ0) is 14.5. The third kappa shape index (κ3) is 3.44. The molecule has 0 saturated carbocycles. The van der Waals surface area contributed by atoms with Gasteiger partial charge in [0.05, 0.1) is 7.11 Å². The summed E-state index contributed by atoms with van der Waals surface area (Å²) in [4.78, 5) is 0. The molecule has 0 bridgehead atoms. The molecule has 106 valence electrons. The number of hydrogen-bond acceptors (Lipinski definition) is 3. The standard InChI is InChI=1S/C17H20O3/c1-12(2)16-10-13(4-9-17(16)19-3)11-20-15-7-5-14(18)6-8-15/h4-10,12,18H,11H2,1-3H3. The molecule has 0 aliphatic carbocycles. The molecular formula is C17H20O3. The fourth-order valence-corrected chi connectivity index (χ4v) is 2.03. The second-order valence-corrected chi connectivity index (χ2v) is 5.01. The summed E-state index contributed by atoms with van der Waals surface area (Å²) in [6, 6.07) is 12.8. The number of phenolic OH excluding ortho intramolecular Hbond substituents is 1. The lowest BCUT2D eigenvalue weighted by atomic mass is 10.00. The molecule has 1 N–H and O–H groups in total. The molecule has 0 unspecified atom stereocenters. The van der Waals surface area contributed by atoms with Gasteiger partial charge in [0.25, 0.3) is 0 Å². The van der Waals surface area contributed by atoms with Crippen molar-refractivity contribution in [1.82, 2.24) is 0 Å². The van der Waals surface area contributed by atoms with E-state index in [2.05, 4.69) is 19.9 Å². The van der Waals surface area contributed by atoms with Crippen LogP contribution in [-0.4, -0.2) is 12.2 Å². The van der Waals surface area contributed by atoms with Crippen LogP contribution in [0, 0.1) is 0 Å². The number of phenols is 1. The van der Waals surface area contributed by atoms with Crippen molar-refractivity contribution >= 4 is 0 Å². The summed E-state index contributed by atoms with van der Waals surface area (Å²) in [6.07, 6.45) is 0. The Hall–Kier alpha value is -2.16. The predicted molar refractivity (Wildman–Crippen MR) is 79.5 cm³/mol. The first-order valence-corrected chi connectivity index (χ1v) is 6.69. The van der Waals surface area contributed by atoms with Crippen LogP contribution in [0.1, 0.15) is 30.9 Å². The normalized spacial score (nSPS) is 10.6. The molecular weight excluding hydrogens is 252 g/mol. The molecule has 0 atom stereocenters. The zero-order valence-electron chi connectivity index (χ0n) is 12.1. The quantitative estimate of drug-likeness (QED) is 0.890. The fourth-order valence-electron chi connectivity index (χ4n) is 2.03. The molecule has 0 fully saturated rings. The van der Waals surface area contributed by atoms with Crippen molar-refractivity contribution in [3.05, 3.63) is 53.6 Å². The summed E-state index contributed by atoms with van der Waals surface area (Å²) in [7, 11) is 1.69. The highest BCUT2D eigenvalue weighted by atomic mass is 16.5. The van der Waals surface area contributed by atoms with E-state index in [4.69, 9.17) is 9.47 Å². The van der Waals surface area contributed by atoms with Gasteiger partial charge >= 0.3 is 0 Å². The van der Waals surface area contributed by atoms with Gasteiger partial charge < -0.3 is 14.6 Å². The molecule has 2 aromatic carbocycles. The van der Waals surface area contributed by atoms with Gasteiger partial charge in [0.1, 0.15) is 23.9 Å². The van der Waals surface area contributed by atoms with Crippen molar-refractivity contribution in [2.75, 3.05) is 7.11 Å². The van der Waals surface area contributed by atoms with Gasteiger partial charge in [-0.05, 0) is 53.4 Å². The molecule has 20 heavy (non-hydrogen) atoms. The van der Waals surface area contributed by atoms with E-state index in [1.165, 1.54) is 5.56 Å². The second kappa shape index (κ2) is 6.33. The minimum absolute atomic E-state index is 0.240. The summed E-state index contributed by atoms with van der Waals surface area (Å²) in [5, 5.41) is 9.23. The van der Waals surface area contributed by atoms with Crippen LogP contribution in [0.25, 0.3) is 0 Å². The lowest BCUT2D eigenvalue weighted by Crippen LogP contribution is -1.99. The smallest absolute Gasteiger partial charge is 0.122 e. The Balaban J connectivity index is 2.09. The third-order valence-electron chi connectivity index (χ3n) is 3.16. The van der Waals surface area contributed by atoms with E-state index in [1.54, 1.807) is 31.4 Å². The van der Waals surface area contributed by atoms with E-state index in [-0.39, 0.29) is 5.75 Å². The highest BCUT2D eigenvalue weighted by Crippen LogP contribution is 2.27. The van der Waals surface area contributed by atoms with Crippen molar-refractivity contribution in [3.8, 4) is 17.2 Å². The molecule has 0 aliphatic rings. The van der Waals surface area contributed by atoms with Crippen molar-refractivity contribution in [1.29, 1.82) is 0 Å². The fraction of sp³-hybridized carbons (Fsp3) is 0.294. The molecule has 0 radical (unpaired) electrons. The molecule has 2 rings (SSSR count). The molecule has 0 saturated heterocycles. The Morgan fingerprint density at radius 2 is 1.75 bits per heavy atom. The Kier molecular flexibility index (Phi) is 4.51. The van der Waals surface area contributed by atoms with Crippen LogP contribution in [0.5, 0.6) is 17.2 Å². The Labute approximate surface area is 119 Å². The molecule has 0 heterocycles. The number of benzene rings is 2. The molecule has 3 heteroatoms. The van der Waals surface area contributed by atoms with Crippen LogP contribution < -0.4 is 9.47 Å². The molecule has 0 aromatic heterocycles. The maximum absolute atomic E-state index is 9.23. The average Bonchev–Trinajstić information content (AvgIpc) is 2.46. The lowest BCUT2D eigenvalue weighted by molar-refractivity contribution is 0.305. The van der Waals surface area contributed by atoms with E-state index >= 15 is 0 Å². The largest absolute Gasteiger partial charge is 0.508 e. The number of hydrogen-bond donors (Lipinski definition) is 1. The number of aromatic hydroxyl groups is 1. The van der Waals surface area contributed by atoms with Crippen LogP contribution >= 0.6 is 0 Å². The number of rotatable bonds is 5. The van der Waals surface area contributed by atoms with Gasteiger partial charge in [0, 0.05) is 0 Å². The van der Waals surface area contributed by atoms with Gasteiger partial charge in [-0.2, -0.15) is 0 Å². The Morgan fingerprint density at radius 3 is 2.35 bits per heavy atom. The summed E-state index contributed by atoms with van der Waals surface area (Å²) < 4.78 is 11.1. The minimum Gasteiger partial charge on any atom is -0.508 e. The number of methoxy groups -OCH3 is 1. The van der Waals surface area contributed by atoms with Crippen LogP contribution in [0.15, 0.2) is 42.5 Å². The Bertz CT molecular complexity index is 559. The maximum atomic E-state index is 9.23. The van der Waals surface area contributed by atoms with Gasteiger partial charge in [0.2, 0.25) is 0 Å². The van der Waals surface area contributed by atoms with Crippen molar-refractivity contribution in [2.24, 2.45) is 0 Å². The summed E-state index contributed by atoms with van der Waals surface area (Å²) >= 11 is 0. The van der Waals surface area contributed by atoms with Gasteiger partial charge in [0.15, 0.2) is 0 Å². The summed E-state index contributed by atoms with van der Waals surface area (Å²) in [6.45, 7) is 4.78. The van der Waals surface area contributed by atoms with Crippen molar-refractivity contribution < 1.29 is 14.6 Å². The highest BCUT2D eigenvalue weighted by Gasteiger charge is 2.08. The molecule has 0 aliphatic heterocycles. The number of ether oxygens (including phenoxy) is 2. The molecule has 3 nitrogen and oxygen atoms in total. The lowest BCUT2D eigenvalue weighted by Gasteiger charge is -2.14. The van der Waals surface area contributed by atoms with E-state index in [0.717, 1.165) is 17.1 Å². The van der Waals surface area contributed by atoms with Gasteiger partial charge in [-0.1, -0.05) is 19.9 Å². The zero-order valence-corrected chi connectivity index (χ0v) is 12.1. The maximum Gasteiger partial charge on any atom is 0.122 e. The van der Waals surface area contributed by atoms with E-state index < -0.39 is 0 Å². The van der Waals surface area contributed by atoms with Crippen LogP contribution in [0.3, 0.4) is 0 Å². The van der Waals surface area contributed by atoms with Gasteiger partial charge in [-0.15, -0.1) is 0 Å². The van der Waals surface area contributed by atoms with Crippen molar-refractivity contribution in [2.45, 2.75) is 26.4 Å². The third-order valence-corrected chi connectivity index (χ3v) is 3.16. The summed E-state index contributed by atoms with van der Waals surface area (Å²) in [5.41, 5.74) is 2.28. The van der Waals surface area contributed by atoms with Gasteiger partial charge in [-0.25, -0.2) is 0 Å². The first kappa shape index (κ1) is 14.3. The van der Waals surface area contributed by atoms with Crippen LogP contribution in [0.2, 0.25) is 0 Å². The predicted octanol–water partition coefficient (Wildman–Crippen LogP) is 4.10. The van der Waals surface area contributed by atoms with Crippen LogP contribution in [0.4, 0.5) is 0 Å². The SMILES string of the molecule is COc1ccc(COc2ccc(O)cc2)cc1C(C)C. The topological polar surface area (TPSA) is 38.7 Å². The minimum atomic E-state index is 0.240. The van der Waals surface area contributed by atoms with Crippen molar-refractivity contribution in [3.63, 3.8) is 0 Å². The van der Waals surface area contributed by atoms with E-state index in [1.807, 2.05) is 12.1 Å². The van der Waals surface area contributed by atoms with E-state index in [9.17, 15) is 5.11 Å². The molecule has 0 amide bonds. The molecule has 0 spiro atoms. The monoisotopic (exact) mass is 272 g/mol. The van der Waals surface area contributed by atoms with Gasteiger partial charge in [-0.3, -0.25) is 0 Å². The first-order chi connectivity index (χ1) is 9.60. The Morgan fingerprint density at radius 1 is 1.05 bits per heavy atom. The molecule has 2 aromatic rings.